The van der Waals surface area contributed by atoms with Gasteiger partial charge >= 0.3 is 0 Å². The van der Waals surface area contributed by atoms with Crippen LogP contribution in [0.2, 0.25) is 0 Å². The molecule has 0 radical (unpaired) electrons. The van der Waals surface area contributed by atoms with Crippen LogP contribution in [0.1, 0.15) is 85.0 Å². The summed E-state index contributed by atoms with van der Waals surface area (Å²) < 4.78 is 0.669. The van der Waals surface area contributed by atoms with Crippen molar-refractivity contribution in [1.29, 1.82) is 0 Å². The van der Waals surface area contributed by atoms with Crippen LogP contribution in [0.3, 0.4) is 0 Å². The van der Waals surface area contributed by atoms with E-state index in [4.69, 9.17) is 0 Å². The Labute approximate surface area is 144 Å². The Bertz CT molecular complexity index is 363. The molecule has 2 atom stereocenters. The Morgan fingerprint density at radius 2 is 1.70 bits per heavy atom. The summed E-state index contributed by atoms with van der Waals surface area (Å²) in [6, 6.07) is 0. The maximum atomic E-state index is 10.1. The lowest BCUT2D eigenvalue weighted by atomic mass is 10.1. The highest BCUT2D eigenvalue weighted by molar-refractivity contribution is 5.78. The first-order chi connectivity index (χ1) is 11.2. The number of hydrogen-bond acceptors (Lipinski definition) is 2. The summed E-state index contributed by atoms with van der Waals surface area (Å²) in [7, 11) is 0. The van der Waals surface area contributed by atoms with Gasteiger partial charge in [0.2, 0.25) is 5.84 Å². The number of nitrogens with zero attached hydrogens (tertiary/aromatic N) is 2. The van der Waals surface area contributed by atoms with Crippen LogP contribution in [0.15, 0.2) is 17.1 Å². The van der Waals surface area contributed by atoms with Crippen molar-refractivity contribution in [3.8, 4) is 0 Å². The molecule has 0 saturated heterocycles. The fourth-order valence-electron chi connectivity index (χ4n) is 3.58. The van der Waals surface area contributed by atoms with Gasteiger partial charge in [0.25, 0.3) is 0 Å². The van der Waals surface area contributed by atoms with Crippen molar-refractivity contribution in [1.82, 2.24) is 0 Å². The van der Waals surface area contributed by atoms with E-state index in [1.807, 2.05) is 6.92 Å². The van der Waals surface area contributed by atoms with Gasteiger partial charge in [-0.1, -0.05) is 64.0 Å². The van der Waals surface area contributed by atoms with Crippen LogP contribution < -0.4 is 0 Å². The van der Waals surface area contributed by atoms with E-state index in [2.05, 4.69) is 31.0 Å². The van der Waals surface area contributed by atoms with Gasteiger partial charge in [-0.3, -0.25) is 4.48 Å². The third kappa shape index (κ3) is 6.76. The van der Waals surface area contributed by atoms with Gasteiger partial charge in [0.1, 0.15) is 6.54 Å². The number of allylic oxidation sites excluding steroid dienone is 1. The second-order valence-electron chi connectivity index (χ2n) is 6.94. The topological polar surface area (TPSA) is 32.6 Å². The first-order valence-corrected chi connectivity index (χ1v) is 9.91. The molecular weight excluding hydrogens is 284 g/mol. The van der Waals surface area contributed by atoms with Crippen molar-refractivity contribution in [2.45, 2.75) is 91.2 Å². The zero-order valence-electron chi connectivity index (χ0n) is 15.8. The third-order valence-electron chi connectivity index (χ3n) is 5.28. The van der Waals surface area contributed by atoms with Crippen LogP contribution in [0, 0.1) is 0 Å². The molecule has 1 aliphatic rings. The number of aliphatic imine (C=N–C) groups is 1. The Morgan fingerprint density at radius 3 is 2.30 bits per heavy atom. The van der Waals surface area contributed by atoms with Crippen LogP contribution in [0.25, 0.3) is 0 Å². The molecule has 1 rings (SSSR count). The second kappa shape index (κ2) is 11.8. The van der Waals surface area contributed by atoms with Crippen LogP contribution in [0.4, 0.5) is 0 Å². The van der Waals surface area contributed by atoms with E-state index in [0.29, 0.717) is 4.48 Å². The maximum absolute atomic E-state index is 10.1. The first kappa shape index (κ1) is 20.4. The molecule has 2 unspecified atom stereocenters. The third-order valence-corrected chi connectivity index (χ3v) is 5.28. The van der Waals surface area contributed by atoms with Gasteiger partial charge in [0, 0.05) is 6.92 Å². The Balaban J connectivity index is 2.12. The molecule has 0 aliphatic carbocycles. The minimum Gasteiger partial charge on any atom is -0.345 e. The highest BCUT2D eigenvalue weighted by Gasteiger charge is 2.39. The summed E-state index contributed by atoms with van der Waals surface area (Å²) in [5, 5.41) is 10.1. The number of quaternary nitrogens is 1. The Hall–Kier alpha value is -0.670. The van der Waals surface area contributed by atoms with Crippen LogP contribution in [-0.2, 0) is 0 Å². The van der Waals surface area contributed by atoms with Crippen LogP contribution >= 0.6 is 0 Å². The van der Waals surface area contributed by atoms with Gasteiger partial charge in [-0.2, -0.15) is 0 Å². The molecule has 0 aromatic carbocycles. The molecule has 0 bridgehead atoms. The van der Waals surface area contributed by atoms with Crippen molar-refractivity contribution >= 4 is 5.84 Å². The zero-order valence-corrected chi connectivity index (χ0v) is 15.8. The van der Waals surface area contributed by atoms with E-state index in [9.17, 15) is 5.11 Å². The molecule has 0 aromatic heterocycles. The average molecular weight is 324 g/mol. The monoisotopic (exact) mass is 323 g/mol. The number of likely N-dealkylation sites (N-methyl/N-ethyl adjacent to an activating group) is 1. The smallest absolute Gasteiger partial charge is 0.204 e. The second-order valence-corrected chi connectivity index (χ2v) is 6.94. The lowest BCUT2D eigenvalue weighted by Crippen LogP contribution is -2.56. The van der Waals surface area contributed by atoms with Gasteiger partial charge in [-0.05, 0) is 19.8 Å². The van der Waals surface area contributed by atoms with Gasteiger partial charge in [0.05, 0.1) is 19.5 Å². The molecule has 3 heteroatoms. The van der Waals surface area contributed by atoms with Crippen molar-refractivity contribution in [2.24, 2.45) is 4.99 Å². The molecule has 0 spiro atoms. The van der Waals surface area contributed by atoms with E-state index < -0.39 is 0 Å². The number of rotatable bonds is 13. The molecular formula is C20H39N2O+. The highest BCUT2D eigenvalue weighted by atomic mass is 16.3. The fourth-order valence-corrected chi connectivity index (χ4v) is 3.58. The molecule has 0 fully saturated rings. The molecule has 23 heavy (non-hydrogen) atoms. The normalized spacial score (nSPS) is 22.7. The Kier molecular flexibility index (Phi) is 10.5. The van der Waals surface area contributed by atoms with Gasteiger partial charge in [-0.25, -0.2) is 4.99 Å². The lowest BCUT2D eigenvalue weighted by Gasteiger charge is -2.35. The van der Waals surface area contributed by atoms with E-state index in [-0.39, 0.29) is 6.23 Å². The number of aliphatic hydroxyl groups excluding tert-OH is 1. The summed E-state index contributed by atoms with van der Waals surface area (Å²) >= 11 is 0. The highest BCUT2D eigenvalue weighted by Crippen LogP contribution is 2.21. The summed E-state index contributed by atoms with van der Waals surface area (Å²) in [4.78, 5) is 4.64. The lowest BCUT2D eigenvalue weighted by molar-refractivity contribution is -0.882. The first-order valence-electron chi connectivity index (χ1n) is 9.91. The zero-order chi connectivity index (χ0) is 17.0. The number of hydrogen-bond donors (Lipinski definition) is 1. The molecule has 1 aliphatic heterocycles. The average Bonchev–Trinajstić information content (AvgIpc) is 2.97. The van der Waals surface area contributed by atoms with E-state index in [1.54, 1.807) is 0 Å². The molecule has 1 N–H and O–H groups in total. The minimum absolute atomic E-state index is 0.345. The predicted octanol–water partition coefficient (Wildman–Crippen LogP) is 5.05. The minimum atomic E-state index is -0.345. The standard InChI is InChI=1S/C20H39N2O/c1-4-6-7-8-9-10-11-12-13-14-15-16-20-21-17-18-22(20,5-2)19(3)23/h14-15,19,23H,4-13,16-18H2,1-3H3/q+1/b15-14+. The van der Waals surface area contributed by atoms with E-state index in [0.717, 1.165) is 31.9 Å². The van der Waals surface area contributed by atoms with E-state index >= 15 is 0 Å². The van der Waals surface area contributed by atoms with Gasteiger partial charge in [0.15, 0.2) is 6.23 Å². The van der Waals surface area contributed by atoms with Crippen molar-refractivity contribution < 1.29 is 9.59 Å². The molecule has 3 nitrogen and oxygen atoms in total. The largest absolute Gasteiger partial charge is 0.345 e. The van der Waals surface area contributed by atoms with Gasteiger partial charge in [-0.15, -0.1) is 0 Å². The van der Waals surface area contributed by atoms with Crippen molar-refractivity contribution in [2.75, 3.05) is 19.6 Å². The predicted molar refractivity (Wildman–Crippen MR) is 101 cm³/mol. The molecule has 0 aromatic rings. The maximum Gasteiger partial charge on any atom is 0.204 e. The molecule has 1 heterocycles. The number of amidine groups is 1. The van der Waals surface area contributed by atoms with Crippen LogP contribution in [-0.4, -0.2) is 41.3 Å². The molecule has 134 valence electrons. The van der Waals surface area contributed by atoms with Gasteiger partial charge < -0.3 is 5.11 Å². The SMILES string of the molecule is CCCCCCCCCC/C=C/CC1=NCC[N+]1(CC)C(C)O. The van der Waals surface area contributed by atoms with Crippen molar-refractivity contribution in [3.63, 3.8) is 0 Å². The summed E-state index contributed by atoms with van der Waals surface area (Å²) in [6.07, 6.45) is 17.3. The van der Waals surface area contributed by atoms with Crippen molar-refractivity contribution in [3.05, 3.63) is 12.2 Å². The molecule has 0 amide bonds. The number of unbranched alkanes of at least 4 members (excludes halogenated alkanes) is 8. The molecule has 0 saturated carbocycles. The summed E-state index contributed by atoms with van der Waals surface area (Å²) in [5.74, 6) is 1.16. The summed E-state index contributed by atoms with van der Waals surface area (Å²) in [6.45, 7) is 9.07. The quantitative estimate of drug-likeness (QED) is 0.287. The van der Waals surface area contributed by atoms with Crippen LogP contribution in [0.5, 0.6) is 0 Å². The summed E-state index contributed by atoms with van der Waals surface area (Å²) in [5.41, 5.74) is 0. The number of aliphatic hydroxyl groups is 1. The fraction of sp³-hybridized carbons (Fsp3) is 0.850. The Morgan fingerprint density at radius 1 is 1.04 bits per heavy atom. The van der Waals surface area contributed by atoms with E-state index in [1.165, 1.54) is 57.8 Å².